The lowest BCUT2D eigenvalue weighted by Crippen LogP contribution is -2.55. The Morgan fingerprint density at radius 2 is 2.08 bits per heavy atom. The number of aliphatic hydroxyl groups is 1. The number of nitrogens with one attached hydrogen (secondary N) is 1. The first kappa shape index (κ1) is 18.8. The van der Waals surface area contributed by atoms with Gasteiger partial charge in [-0.2, -0.15) is 0 Å². The summed E-state index contributed by atoms with van der Waals surface area (Å²) in [5.41, 5.74) is 1.01. The molecule has 134 valence electrons. The van der Waals surface area contributed by atoms with Crippen molar-refractivity contribution in [1.29, 1.82) is 0 Å². The molecule has 0 spiro atoms. The standard InChI is InChI=1S/C18H28FN3O2/c1-14-11-21(9-10-22(14)12-15(2)23)13-18(24)20-8-7-16-3-5-17(19)6-4-16/h3-6,14-15,23H,7-13H2,1-2H3,(H,20,24). The molecule has 2 N–H and O–H groups in total. The third-order valence-corrected chi connectivity index (χ3v) is 4.36. The summed E-state index contributed by atoms with van der Waals surface area (Å²) in [7, 11) is 0. The van der Waals surface area contributed by atoms with Crippen molar-refractivity contribution in [3.05, 3.63) is 35.6 Å². The molecule has 0 radical (unpaired) electrons. The maximum atomic E-state index is 12.8. The highest BCUT2D eigenvalue weighted by atomic mass is 19.1. The molecule has 2 atom stereocenters. The first-order valence-corrected chi connectivity index (χ1v) is 8.59. The summed E-state index contributed by atoms with van der Waals surface area (Å²) >= 11 is 0. The van der Waals surface area contributed by atoms with Crippen molar-refractivity contribution in [3.63, 3.8) is 0 Å². The van der Waals surface area contributed by atoms with Crippen LogP contribution in [-0.2, 0) is 11.2 Å². The van der Waals surface area contributed by atoms with Gasteiger partial charge in [0.05, 0.1) is 12.6 Å². The Kier molecular flexibility index (Phi) is 7.15. The molecule has 5 nitrogen and oxygen atoms in total. The van der Waals surface area contributed by atoms with Crippen molar-refractivity contribution in [3.8, 4) is 0 Å². The van der Waals surface area contributed by atoms with Gasteiger partial charge in [-0.1, -0.05) is 12.1 Å². The highest BCUT2D eigenvalue weighted by molar-refractivity contribution is 5.78. The van der Waals surface area contributed by atoms with E-state index in [0.29, 0.717) is 32.1 Å². The predicted octanol–water partition coefficient (Wildman–Crippen LogP) is 0.871. The van der Waals surface area contributed by atoms with Gasteiger partial charge in [-0.3, -0.25) is 14.6 Å². The fourth-order valence-electron chi connectivity index (χ4n) is 3.08. The van der Waals surface area contributed by atoms with Crippen molar-refractivity contribution in [2.45, 2.75) is 32.4 Å². The second-order valence-corrected chi connectivity index (χ2v) is 6.65. The molecule has 0 bridgehead atoms. The highest BCUT2D eigenvalue weighted by Crippen LogP contribution is 2.09. The number of hydrogen-bond donors (Lipinski definition) is 2. The van der Waals surface area contributed by atoms with Crippen LogP contribution in [0.15, 0.2) is 24.3 Å². The minimum Gasteiger partial charge on any atom is -0.392 e. The zero-order valence-electron chi connectivity index (χ0n) is 14.5. The van der Waals surface area contributed by atoms with E-state index in [4.69, 9.17) is 0 Å². The number of nitrogens with zero attached hydrogens (tertiary/aromatic N) is 2. The molecule has 1 aliphatic rings. The summed E-state index contributed by atoms with van der Waals surface area (Å²) in [5.74, 6) is -0.222. The first-order chi connectivity index (χ1) is 11.4. The number of hydrogen-bond acceptors (Lipinski definition) is 4. The van der Waals surface area contributed by atoms with Crippen LogP contribution >= 0.6 is 0 Å². The minimum absolute atomic E-state index is 0.0216. The van der Waals surface area contributed by atoms with Gasteiger partial charge in [0.2, 0.25) is 5.91 Å². The Morgan fingerprint density at radius 3 is 2.71 bits per heavy atom. The first-order valence-electron chi connectivity index (χ1n) is 8.59. The average Bonchev–Trinajstić information content (AvgIpc) is 2.51. The van der Waals surface area contributed by atoms with E-state index in [1.807, 2.05) is 0 Å². The minimum atomic E-state index is -0.325. The van der Waals surface area contributed by atoms with Gasteiger partial charge in [-0.15, -0.1) is 0 Å². The second kappa shape index (κ2) is 9.11. The van der Waals surface area contributed by atoms with E-state index in [-0.39, 0.29) is 17.8 Å². The van der Waals surface area contributed by atoms with E-state index in [1.165, 1.54) is 12.1 Å². The molecule has 6 heteroatoms. The topological polar surface area (TPSA) is 55.8 Å². The molecule has 24 heavy (non-hydrogen) atoms. The maximum absolute atomic E-state index is 12.8. The zero-order valence-corrected chi connectivity index (χ0v) is 14.5. The summed E-state index contributed by atoms with van der Waals surface area (Å²) in [6.07, 6.45) is 0.374. The van der Waals surface area contributed by atoms with Gasteiger partial charge in [0, 0.05) is 38.8 Å². The highest BCUT2D eigenvalue weighted by Gasteiger charge is 2.25. The number of rotatable bonds is 7. The van der Waals surface area contributed by atoms with Gasteiger partial charge >= 0.3 is 0 Å². The quantitative estimate of drug-likeness (QED) is 0.775. The summed E-state index contributed by atoms with van der Waals surface area (Å²) < 4.78 is 12.8. The van der Waals surface area contributed by atoms with Gasteiger partial charge in [-0.05, 0) is 38.0 Å². The van der Waals surface area contributed by atoms with Crippen molar-refractivity contribution >= 4 is 5.91 Å². The Hall–Kier alpha value is -1.50. The van der Waals surface area contributed by atoms with E-state index in [0.717, 1.165) is 25.2 Å². The van der Waals surface area contributed by atoms with Crippen LogP contribution in [0.4, 0.5) is 4.39 Å². The maximum Gasteiger partial charge on any atom is 0.234 e. The van der Waals surface area contributed by atoms with Crippen molar-refractivity contribution < 1.29 is 14.3 Å². The lowest BCUT2D eigenvalue weighted by molar-refractivity contribution is -0.123. The molecule has 1 aliphatic heterocycles. The number of benzene rings is 1. The van der Waals surface area contributed by atoms with Gasteiger partial charge in [0.25, 0.3) is 0 Å². The molecular formula is C18H28FN3O2. The Balaban J connectivity index is 1.66. The van der Waals surface area contributed by atoms with Gasteiger partial charge in [0.15, 0.2) is 0 Å². The summed E-state index contributed by atoms with van der Waals surface area (Å²) in [6.45, 7) is 8.10. The van der Waals surface area contributed by atoms with Crippen LogP contribution in [0.5, 0.6) is 0 Å². The van der Waals surface area contributed by atoms with Crippen LogP contribution in [0.3, 0.4) is 0 Å². The van der Waals surface area contributed by atoms with Crippen LogP contribution in [0.1, 0.15) is 19.4 Å². The number of β-amino-alcohol motifs (C(OH)–C–C–N with tert-alkyl or cyclic N) is 1. The smallest absolute Gasteiger partial charge is 0.234 e. The average molecular weight is 337 g/mol. The van der Waals surface area contributed by atoms with Crippen molar-refractivity contribution in [1.82, 2.24) is 15.1 Å². The van der Waals surface area contributed by atoms with Crippen LogP contribution in [0.25, 0.3) is 0 Å². The van der Waals surface area contributed by atoms with E-state index in [1.54, 1.807) is 19.1 Å². The third-order valence-electron chi connectivity index (χ3n) is 4.36. The molecule has 1 aromatic carbocycles. The van der Waals surface area contributed by atoms with E-state index in [9.17, 15) is 14.3 Å². The molecule has 1 heterocycles. The fourth-order valence-corrected chi connectivity index (χ4v) is 3.08. The van der Waals surface area contributed by atoms with Gasteiger partial charge in [-0.25, -0.2) is 4.39 Å². The SMILES string of the molecule is CC(O)CN1CCN(CC(=O)NCCc2ccc(F)cc2)CC1C. The largest absolute Gasteiger partial charge is 0.392 e. The molecule has 2 rings (SSSR count). The van der Waals surface area contributed by atoms with Gasteiger partial charge in [0.1, 0.15) is 5.82 Å². The van der Waals surface area contributed by atoms with Crippen LogP contribution in [-0.4, -0.2) is 72.2 Å². The molecule has 1 fully saturated rings. The van der Waals surface area contributed by atoms with Crippen LogP contribution < -0.4 is 5.32 Å². The number of halogens is 1. The number of amides is 1. The molecule has 1 saturated heterocycles. The normalized spacial score (nSPS) is 20.8. The molecule has 2 unspecified atom stereocenters. The molecule has 0 aromatic heterocycles. The third kappa shape index (κ3) is 6.19. The number of aliphatic hydroxyl groups excluding tert-OH is 1. The van der Waals surface area contributed by atoms with Crippen molar-refractivity contribution in [2.75, 3.05) is 39.3 Å². The number of piperazine rings is 1. The number of carbonyl (C=O) groups is 1. The lowest BCUT2D eigenvalue weighted by atomic mass is 10.1. The van der Waals surface area contributed by atoms with Gasteiger partial charge < -0.3 is 10.4 Å². The van der Waals surface area contributed by atoms with E-state index >= 15 is 0 Å². The Morgan fingerprint density at radius 1 is 1.38 bits per heavy atom. The molecule has 0 aliphatic carbocycles. The molecular weight excluding hydrogens is 309 g/mol. The zero-order chi connectivity index (χ0) is 17.5. The Bertz CT molecular complexity index is 522. The summed E-state index contributed by atoms with van der Waals surface area (Å²) in [6, 6.07) is 6.69. The summed E-state index contributed by atoms with van der Waals surface area (Å²) in [4.78, 5) is 16.5. The lowest BCUT2D eigenvalue weighted by Gasteiger charge is -2.40. The fraction of sp³-hybridized carbons (Fsp3) is 0.611. The monoisotopic (exact) mass is 337 g/mol. The number of carbonyl (C=O) groups excluding carboxylic acids is 1. The summed E-state index contributed by atoms with van der Waals surface area (Å²) in [5, 5.41) is 12.4. The van der Waals surface area contributed by atoms with Crippen LogP contribution in [0, 0.1) is 5.82 Å². The molecule has 0 saturated carbocycles. The van der Waals surface area contributed by atoms with E-state index < -0.39 is 0 Å². The van der Waals surface area contributed by atoms with Crippen LogP contribution in [0.2, 0.25) is 0 Å². The second-order valence-electron chi connectivity index (χ2n) is 6.65. The Labute approximate surface area is 143 Å². The van der Waals surface area contributed by atoms with Crippen molar-refractivity contribution in [2.24, 2.45) is 0 Å². The molecule has 1 aromatic rings. The molecule has 1 amide bonds. The predicted molar refractivity (Wildman–Crippen MR) is 92.3 cm³/mol. The van der Waals surface area contributed by atoms with E-state index in [2.05, 4.69) is 22.0 Å².